The fraction of sp³-hybridized carbons (Fsp3) is 0.783. The summed E-state index contributed by atoms with van der Waals surface area (Å²) < 4.78 is 32.8. The van der Waals surface area contributed by atoms with Crippen LogP contribution >= 0.6 is 7.82 Å². The zero-order valence-electron chi connectivity index (χ0n) is 35.9. The molecule has 0 aromatic carbocycles. The molecule has 10 heteroatoms. The van der Waals surface area contributed by atoms with Gasteiger partial charge in [-0.1, -0.05) is 178 Å². The van der Waals surface area contributed by atoms with Gasteiger partial charge in [-0.15, -0.1) is 0 Å². The van der Waals surface area contributed by atoms with Gasteiger partial charge in [0.05, 0.1) is 13.2 Å². The van der Waals surface area contributed by atoms with E-state index in [1.807, 2.05) is 0 Å². The van der Waals surface area contributed by atoms with Crippen molar-refractivity contribution in [2.24, 2.45) is 5.73 Å². The number of hydrogen-bond donors (Lipinski definition) is 2. The van der Waals surface area contributed by atoms with Gasteiger partial charge >= 0.3 is 19.8 Å². The van der Waals surface area contributed by atoms with E-state index in [4.69, 9.17) is 24.3 Å². The number of hydrogen-bond acceptors (Lipinski definition) is 8. The lowest BCUT2D eigenvalue weighted by Crippen LogP contribution is -2.29. The first-order chi connectivity index (χ1) is 27.3. The molecule has 1 unspecified atom stereocenters. The largest absolute Gasteiger partial charge is 0.472 e. The quantitative estimate of drug-likeness (QED) is 0.0267. The maximum absolute atomic E-state index is 12.6. The fourth-order valence-electron chi connectivity index (χ4n) is 6.09. The van der Waals surface area contributed by atoms with Crippen LogP contribution in [0, 0.1) is 0 Å². The number of carbonyl (C=O) groups is 2. The van der Waals surface area contributed by atoms with Gasteiger partial charge in [-0.25, -0.2) is 4.57 Å². The van der Waals surface area contributed by atoms with E-state index in [-0.39, 0.29) is 38.6 Å². The second-order valence-corrected chi connectivity index (χ2v) is 16.4. The highest BCUT2D eigenvalue weighted by molar-refractivity contribution is 7.47. The highest BCUT2D eigenvalue weighted by Gasteiger charge is 2.26. The monoisotopic (exact) mass is 810 g/mol. The van der Waals surface area contributed by atoms with E-state index >= 15 is 0 Å². The molecule has 0 aromatic rings. The Kier molecular flexibility index (Phi) is 41.0. The summed E-state index contributed by atoms with van der Waals surface area (Å²) in [5, 5.41) is 0. The molecule has 3 N–H and O–H groups in total. The third kappa shape index (κ3) is 41.6. The van der Waals surface area contributed by atoms with E-state index in [9.17, 15) is 19.0 Å². The Morgan fingerprint density at radius 2 is 0.929 bits per heavy atom. The van der Waals surface area contributed by atoms with Crippen LogP contribution < -0.4 is 5.73 Å². The van der Waals surface area contributed by atoms with E-state index in [2.05, 4.69) is 62.5 Å². The van der Waals surface area contributed by atoms with Gasteiger partial charge in [0.25, 0.3) is 0 Å². The molecule has 0 fully saturated rings. The number of ether oxygens (including phenoxy) is 2. The molecule has 326 valence electrons. The van der Waals surface area contributed by atoms with Crippen molar-refractivity contribution in [2.75, 3.05) is 26.4 Å². The molecule has 0 radical (unpaired) electrons. The van der Waals surface area contributed by atoms with E-state index < -0.39 is 26.5 Å². The number of unbranched alkanes of at least 4 members (excludes halogenated alkanes) is 21. The standard InChI is InChI=1S/C46H84NO8P/c1-3-5-7-9-11-13-15-17-19-21-22-23-25-27-29-31-33-35-37-39-46(49)55-44(43-54-56(50,51)53-41-40-47)42-52-45(48)38-36-34-32-30-28-26-24-20-18-16-14-12-10-8-6-4-2/h11,13,17,19,22-23,27,29,44H,3-10,12,14-16,18,20-21,24-26,28,30-43,47H2,1-2H3,(H,50,51)/b13-11+,19-17+,23-22+,29-27+/t44-/m1/s1. The van der Waals surface area contributed by atoms with Crippen LogP contribution in [0.3, 0.4) is 0 Å². The van der Waals surface area contributed by atoms with Crippen LogP contribution in [0.5, 0.6) is 0 Å². The number of nitrogens with two attached hydrogens (primary N) is 1. The average Bonchev–Trinajstić information content (AvgIpc) is 3.18. The molecule has 0 bridgehead atoms. The predicted octanol–water partition coefficient (Wildman–Crippen LogP) is 13.1. The molecular formula is C46H84NO8P. The van der Waals surface area contributed by atoms with Crippen LogP contribution in [-0.2, 0) is 32.7 Å². The summed E-state index contributed by atoms with van der Waals surface area (Å²) in [4.78, 5) is 34.9. The van der Waals surface area contributed by atoms with Gasteiger partial charge in [0, 0.05) is 19.4 Å². The average molecular weight is 810 g/mol. The van der Waals surface area contributed by atoms with Gasteiger partial charge in [0.2, 0.25) is 0 Å². The van der Waals surface area contributed by atoms with Gasteiger partial charge in [0.15, 0.2) is 6.10 Å². The van der Waals surface area contributed by atoms with Crippen molar-refractivity contribution in [3.05, 3.63) is 48.6 Å². The van der Waals surface area contributed by atoms with Crippen LogP contribution in [0.15, 0.2) is 48.6 Å². The number of esters is 2. The van der Waals surface area contributed by atoms with Crippen LogP contribution in [0.25, 0.3) is 0 Å². The Morgan fingerprint density at radius 3 is 1.41 bits per heavy atom. The van der Waals surface area contributed by atoms with E-state index in [0.717, 1.165) is 57.8 Å². The van der Waals surface area contributed by atoms with E-state index in [1.165, 1.54) is 109 Å². The van der Waals surface area contributed by atoms with Crippen LogP contribution in [-0.4, -0.2) is 49.3 Å². The third-order valence-corrected chi connectivity index (χ3v) is 10.5. The maximum atomic E-state index is 12.6. The second kappa shape index (κ2) is 42.6. The maximum Gasteiger partial charge on any atom is 0.472 e. The highest BCUT2D eigenvalue weighted by Crippen LogP contribution is 2.43. The number of rotatable bonds is 42. The number of carbonyl (C=O) groups excluding carboxylic acids is 2. The summed E-state index contributed by atoms with van der Waals surface area (Å²) in [5.41, 5.74) is 5.35. The van der Waals surface area contributed by atoms with Crippen LogP contribution in [0.1, 0.15) is 200 Å². The van der Waals surface area contributed by atoms with Crippen molar-refractivity contribution < 1.29 is 37.6 Å². The Morgan fingerprint density at radius 1 is 0.536 bits per heavy atom. The third-order valence-electron chi connectivity index (χ3n) is 9.47. The Bertz CT molecular complexity index is 1060. The van der Waals surface area contributed by atoms with Crippen molar-refractivity contribution in [1.29, 1.82) is 0 Å². The summed E-state index contributed by atoms with van der Waals surface area (Å²) in [7, 11) is -4.39. The molecule has 0 saturated carbocycles. The minimum absolute atomic E-state index is 0.0473. The lowest BCUT2D eigenvalue weighted by molar-refractivity contribution is -0.161. The SMILES string of the molecule is CCCCC/C=C/C/C=C/C/C=C/C/C=C/CCCCCC(=O)O[C@H](COC(=O)CCCCCCCCCCCCCCCCCC)COP(=O)(O)OCCN. The number of phosphoric ester groups is 1. The molecule has 0 aliphatic rings. The molecule has 2 atom stereocenters. The first kappa shape index (κ1) is 54.0. The van der Waals surface area contributed by atoms with Gasteiger partial charge < -0.3 is 20.1 Å². The zero-order chi connectivity index (χ0) is 41.1. The summed E-state index contributed by atoms with van der Waals surface area (Å²) in [5.74, 6) is -0.861. The van der Waals surface area contributed by atoms with Crippen molar-refractivity contribution in [2.45, 2.75) is 206 Å². The van der Waals surface area contributed by atoms with Crippen molar-refractivity contribution >= 4 is 19.8 Å². The molecule has 0 rings (SSSR count). The van der Waals surface area contributed by atoms with Crippen molar-refractivity contribution in [3.63, 3.8) is 0 Å². The predicted molar refractivity (Wildman–Crippen MR) is 233 cm³/mol. The molecule has 0 spiro atoms. The topological polar surface area (TPSA) is 134 Å². The molecule has 0 aromatic heterocycles. The second-order valence-electron chi connectivity index (χ2n) is 14.9. The summed E-state index contributed by atoms with van der Waals surface area (Å²) in [6.07, 6.45) is 48.5. The smallest absolute Gasteiger partial charge is 0.462 e. The van der Waals surface area contributed by atoms with Gasteiger partial charge in [-0.05, 0) is 57.8 Å². The molecule has 0 amide bonds. The minimum Gasteiger partial charge on any atom is -0.462 e. The van der Waals surface area contributed by atoms with Gasteiger partial charge in [0.1, 0.15) is 6.61 Å². The normalized spacial score (nSPS) is 13.7. The fourth-order valence-corrected chi connectivity index (χ4v) is 6.85. The van der Waals surface area contributed by atoms with Crippen molar-refractivity contribution in [1.82, 2.24) is 0 Å². The van der Waals surface area contributed by atoms with E-state index in [0.29, 0.717) is 6.42 Å². The highest BCUT2D eigenvalue weighted by atomic mass is 31.2. The Hall–Kier alpha value is -2.03. The Labute approximate surface area is 343 Å². The molecule has 0 aliphatic heterocycles. The van der Waals surface area contributed by atoms with Gasteiger partial charge in [-0.3, -0.25) is 18.6 Å². The van der Waals surface area contributed by atoms with E-state index in [1.54, 1.807) is 0 Å². The summed E-state index contributed by atoms with van der Waals surface area (Å²) >= 11 is 0. The number of allylic oxidation sites excluding steroid dienone is 8. The molecule has 0 saturated heterocycles. The number of phosphoric acid groups is 1. The molecule has 9 nitrogen and oxygen atoms in total. The molecule has 0 aliphatic carbocycles. The molecular weight excluding hydrogens is 725 g/mol. The Balaban J connectivity index is 4.19. The first-order valence-electron chi connectivity index (χ1n) is 22.6. The lowest BCUT2D eigenvalue weighted by Gasteiger charge is -2.19. The lowest BCUT2D eigenvalue weighted by atomic mass is 10.0. The van der Waals surface area contributed by atoms with Crippen LogP contribution in [0.4, 0.5) is 0 Å². The minimum atomic E-state index is -4.39. The zero-order valence-corrected chi connectivity index (χ0v) is 36.8. The van der Waals surface area contributed by atoms with Crippen LogP contribution in [0.2, 0.25) is 0 Å². The summed E-state index contributed by atoms with van der Waals surface area (Å²) in [6, 6.07) is 0. The van der Waals surface area contributed by atoms with Crippen molar-refractivity contribution in [3.8, 4) is 0 Å². The molecule has 56 heavy (non-hydrogen) atoms. The van der Waals surface area contributed by atoms with Gasteiger partial charge in [-0.2, -0.15) is 0 Å². The molecule has 0 heterocycles. The first-order valence-corrected chi connectivity index (χ1v) is 24.1. The summed E-state index contributed by atoms with van der Waals surface area (Å²) in [6.45, 7) is 3.68.